The minimum atomic E-state index is -4.51. The fourth-order valence-corrected chi connectivity index (χ4v) is 4.36. The molecular formula is C19H21F3N2O4S. The van der Waals surface area contributed by atoms with E-state index in [1.165, 1.54) is 13.0 Å². The second kappa shape index (κ2) is 8.64. The van der Waals surface area contributed by atoms with Crippen molar-refractivity contribution in [1.82, 2.24) is 4.90 Å². The molecule has 0 bridgehead atoms. The Hall–Kier alpha value is -2.23. The van der Waals surface area contributed by atoms with Crippen molar-refractivity contribution in [2.45, 2.75) is 55.0 Å². The minimum absolute atomic E-state index is 0.0630. The average molecular weight is 430 g/mol. The van der Waals surface area contributed by atoms with Gasteiger partial charge in [-0.15, -0.1) is 11.8 Å². The molecule has 0 unspecified atom stereocenters. The molecule has 2 aliphatic rings. The third-order valence-corrected chi connectivity index (χ3v) is 6.08. The number of nitrogens with one attached hydrogen (secondary N) is 1. The van der Waals surface area contributed by atoms with E-state index in [1.807, 2.05) is 0 Å². The first-order valence-corrected chi connectivity index (χ1v) is 10.2. The van der Waals surface area contributed by atoms with Crippen LogP contribution in [0.1, 0.15) is 38.2 Å². The van der Waals surface area contributed by atoms with Gasteiger partial charge in [-0.25, -0.2) is 0 Å². The third-order valence-electron chi connectivity index (χ3n) is 4.80. The molecule has 1 aromatic rings. The highest BCUT2D eigenvalue weighted by Gasteiger charge is 2.35. The molecule has 158 valence electrons. The van der Waals surface area contributed by atoms with Crippen LogP contribution in [0.2, 0.25) is 0 Å². The van der Waals surface area contributed by atoms with Crippen LogP contribution in [-0.4, -0.2) is 47.1 Å². The van der Waals surface area contributed by atoms with Gasteiger partial charge in [0.05, 0.1) is 22.9 Å². The number of hydrogen-bond donors (Lipinski definition) is 1. The van der Waals surface area contributed by atoms with E-state index in [-0.39, 0.29) is 18.0 Å². The number of anilines is 1. The lowest BCUT2D eigenvalue weighted by atomic mass is 10.1. The summed E-state index contributed by atoms with van der Waals surface area (Å²) in [6.45, 7) is 2.77. The van der Waals surface area contributed by atoms with Crippen LogP contribution in [0.25, 0.3) is 0 Å². The molecule has 0 aromatic heterocycles. The summed E-state index contributed by atoms with van der Waals surface area (Å²) < 4.78 is 43.6. The molecular weight excluding hydrogens is 409 g/mol. The molecule has 2 atom stereocenters. The zero-order valence-electron chi connectivity index (χ0n) is 15.8. The maximum absolute atomic E-state index is 12.8. The highest BCUT2D eigenvalue weighted by Crippen LogP contribution is 2.40. The number of amides is 2. The van der Waals surface area contributed by atoms with Gasteiger partial charge < -0.3 is 15.0 Å². The number of benzene rings is 1. The number of rotatable bonds is 4. The van der Waals surface area contributed by atoms with Crippen LogP contribution >= 0.6 is 11.8 Å². The monoisotopic (exact) mass is 430 g/mol. The molecule has 3 rings (SSSR count). The van der Waals surface area contributed by atoms with E-state index in [1.54, 1.807) is 4.90 Å². The second-order valence-corrected chi connectivity index (χ2v) is 8.27. The van der Waals surface area contributed by atoms with Gasteiger partial charge in [0.2, 0.25) is 5.91 Å². The molecule has 0 radical (unpaired) electrons. The topological polar surface area (TPSA) is 75.7 Å². The van der Waals surface area contributed by atoms with E-state index in [2.05, 4.69) is 5.32 Å². The lowest BCUT2D eigenvalue weighted by Crippen LogP contribution is -2.43. The van der Waals surface area contributed by atoms with E-state index < -0.39 is 35.0 Å². The Morgan fingerprint density at radius 3 is 2.62 bits per heavy atom. The van der Waals surface area contributed by atoms with Crippen molar-refractivity contribution in [2.75, 3.05) is 18.4 Å². The summed E-state index contributed by atoms with van der Waals surface area (Å²) in [6, 6.07) is 3.06. The molecule has 10 heteroatoms. The Labute approximate surface area is 170 Å². The molecule has 1 aromatic carbocycles. The maximum atomic E-state index is 12.8. The van der Waals surface area contributed by atoms with Gasteiger partial charge >= 0.3 is 12.1 Å². The first-order chi connectivity index (χ1) is 13.6. The van der Waals surface area contributed by atoms with Crippen molar-refractivity contribution >= 4 is 35.2 Å². The van der Waals surface area contributed by atoms with Gasteiger partial charge in [0.15, 0.2) is 6.10 Å². The van der Waals surface area contributed by atoms with E-state index in [9.17, 15) is 27.6 Å². The lowest BCUT2D eigenvalue weighted by molar-refractivity contribution is -0.159. The predicted molar refractivity (Wildman–Crippen MR) is 100 cm³/mol. The number of halogens is 3. The molecule has 29 heavy (non-hydrogen) atoms. The average Bonchev–Trinajstić information content (AvgIpc) is 2.67. The molecule has 1 N–H and O–H groups in total. The molecule has 2 aliphatic heterocycles. The number of ether oxygens (including phenoxy) is 1. The Balaban J connectivity index is 1.58. The third kappa shape index (κ3) is 5.23. The van der Waals surface area contributed by atoms with Crippen molar-refractivity contribution < 1.29 is 32.3 Å². The Kier molecular flexibility index (Phi) is 6.40. The summed E-state index contributed by atoms with van der Waals surface area (Å²) in [5.41, 5.74) is -0.798. The van der Waals surface area contributed by atoms with Crippen molar-refractivity contribution in [3.05, 3.63) is 23.8 Å². The Morgan fingerprint density at radius 1 is 1.28 bits per heavy atom. The molecule has 2 amide bonds. The predicted octanol–water partition coefficient (Wildman–Crippen LogP) is 3.45. The summed E-state index contributed by atoms with van der Waals surface area (Å²) in [7, 11) is 0. The van der Waals surface area contributed by atoms with Gasteiger partial charge in [0.25, 0.3) is 5.91 Å². The lowest BCUT2D eigenvalue weighted by Gasteiger charge is -2.29. The SMILES string of the molecule is C[C@@H](OC(=O)C[C@@H]1Sc2ccc(C(F)(F)F)cc2NC1=O)C(=O)N1CCCCC1. The smallest absolute Gasteiger partial charge is 0.416 e. The molecule has 1 fully saturated rings. The number of hydrogen-bond acceptors (Lipinski definition) is 5. The van der Waals surface area contributed by atoms with E-state index >= 15 is 0 Å². The van der Waals surface area contributed by atoms with Crippen molar-refractivity contribution in [3.8, 4) is 0 Å². The van der Waals surface area contributed by atoms with Gasteiger partial charge in [0, 0.05) is 18.0 Å². The number of carbonyl (C=O) groups is 3. The first kappa shape index (κ1) is 21.5. The number of esters is 1. The van der Waals surface area contributed by atoms with Gasteiger partial charge in [-0.3, -0.25) is 14.4 Å². The Bertz CT molecular complexity index is 809. The number of alkyl halides is 3. The summed E-state index contributed by atoms with van der Waals surface area (Å²) in [4.78, 5) is 38.9. The van der Waals surface area contributed by atoms with Crippen LogP contribution in [0.15, 0.2) is 23.1 Å². The molecule has 6 nitrogen and oxygen atoms in total. The highest BCUT2D eigenvalue weighted by atomic mass is 32.2. The van der Waals surface area contributed by atoms with Gasteiger partial charge in [0.1, 0.15) is 0 Å². The van der Waals surface area contributed by atoms with Crippen LogP contribution in [-0.2, 0) is 25.3 Å². The number of nitrogens with zero attached hydrogens (tertiary/aromatic N) is 1. The molecule has 0 spiro atoms. The van der Waals surface area contributed by atoms with Crippen molar-refractivity contribution in [1.29, 1.82) is 0 Å². The number of thioether (sulfide) groups is 1. The van der Waals surface area contributed by atoms with E-state index in [4.69, 9.17) is 4.74 Å². The van der Waals surface area contributed by atoms with Crippen LogP contribution < -0.4 is 5.32 Å². The minimum Gasteiger partial charge on any atom is -0.452 e. The normalized spacial score (nSPS) is 20.5. The van der Waals surface area contributed by atoms with Gasteiger partial charge in [-0.05, 0) is 44.4 Å². The van der Waals surface area contributed by atoms with E-state index in [0.717, 1.165) is 43.2 Å². The van der Waals surface area contributed by atoms with Crippen LogP contribution in [0.3, 0.4) is 0 Å². The summed E-state index contributed by atoms with van der Waals surface area (Å²) in [5.74, 6) is -1.54. The van der Waals surface area contributed by atoms with E-state index in [0.29, 0.717) is 18.0 Å². The molecule has 1 saturated heterocycles. The number of piperidine rings is 1. The largest absolute Gasteiger partial charge is 0.452 e. The number of likely N-dealkylation sites (tertiary alicyclic amines) is 1. The highest BCUT2D eigenvalue weighted by molar-refractivity contribution is 8.01. The molecule has 0 saturated carbocycles. The maximum Gasteiger partial charge on any atom is 0.416 e. The van der Waals surface area contributed by atoms with Crippen molar-refractivity contribution in [3.63, 3.8) is 0 Å². The molecule has 0 aliphatic carbocycles. The van der Waals surface area contributed by atoms with Crippen LogP contribution in [0.4, 0.5) is 18.9 Å². The van der Waals surface area contributed by atoms with Crippen LogP contribution in [0.5, 0.6) is 0 Å². The fraction of sp³-hybridized carbons (Fsp3) is 0.526. The Morgan fingerprint density at radius 2 is 1.97 bits per heavy atom. The second-order valence-electron chi connectivity index (χ2n) is 7.03. The summed E-state index contributed by atoms with van der Waals surface area (Å²) >= 11 is 1.00. The fourth-order valence-electron chi connectivity index (χ4n) is 3.28. The summed E-state index contributed by atoms with van der Waals surface area (Å²) in [5, 5.41) is 1.57. The van der Waals surface area contributed by atoms with Crippen LogP contribution in [0, 0.1) is 0 Å². The number of fused-ring (bicyclic) bond motifs is 1. The van der Waals surface area contributed by atoms with Gasteiger partial charge in [-0.2, -0.15) is 13.2 Å². The zero-order valence-corrected chi connectivity index (χ0v) is 16.6. The van der Waals surface area contributed by atoms with Crippen molar-refractivity contribution in [2.24, 2.45) is 0 Å². The van der Waals surface area contributed by atoms with Gasteiger partial charge in [-0.1, -0.05) is 0 Å². The number of carbonyl (C=O) groups excluding carboxylic acids is 3. The molecule has 2 heterocycles. The standard InChI is InChI=1S/C19H21F3N2O4S/c1-11(18(27)24-7-3-2-4-8-24)28-16(25)10-15-17(26)23-13-9-12(19(20,21)22)5-6-14(13)29-15/h5-6,9,11,15H,2-4,7-8,10H2,1H3,(H,23,26)/t11-,15+/m1/s1. The first-order valence-electron chi connectivity index (χ1n) is 9.32. The summed E-state index contributed by atoms with van der Waals surface area (Å²) in [6.07, 6.45) is -2.84. The zero-order chi connectivity index (χ0) is 21.2. The quantitative estimate of drug-likeness (QED) is 0.741.